The molecule has 0 amide bonds. The van der Waals surface area contributed by atoms with E-state index in [2.05, 4.69) is 10.0 Å². The van der Waals surface area contributed by atoms with Crippen LogP contribution in [-0.4, -0.2) is 43.9 Å². The number of nitrogens with one attached hydrogen (secondary N) is 2. The zero-order chi connectivity index (χ0) is 14.6. The van der Waals surface area contributed by atoms with Gasteiger partial charge in [-0.2, -0.15) is 17.4 Å². The fourth-order valence-electron chi connectivity index (χ4n) is 2.82. The highest BCUT2D eigenvalue weighted by atomic mass is 32.2. The molecule has 2 fully saturated rings. The van der Waals surface area contributed by atoms with Crippen LogP contribution in [0.1, 0.15) is 58.8 Å². The molecule has 2 rings (SSSR count). The quantitative estimate of drug-likeness (QED) is 0.716. The summed E-state index contributed by atoms with van der Waals surface area (Å²) in [5.41, 5.74) is 0. The van der Waals surface area contributed by atoms with Crippen molar-refractivity contribution >= 4 is 10.2 Å². The van der Waals surface area contributed by atoms with Crippen molar-refractivity contribution in [2.75, 3.05) is 13.1 Å². The average Bonchev–Trinajstić information content (AvgIpc) is 3.27. The van der Waals surface area contributed by atoms with Gasteiger partial charge in [0.25, 0.3) is 10.2 Å². The Morgan fingerprint density at radius 2 is 1.85 bits per heavy atom. The summed E-state index contributed by atoms with van der Waals surface area (Å²) in [7, 11) is -3.34. The third kappa shape index (κ3) is 4.41. The van der Waals surface area contributed by atoms with Crippen LogP contribution >= 0.6 is 0 Å². The molecule has 0 spiro atoms. The summed E-state index contributed by atoms with van der Waals surface area (Å²) in [5.74, 6) is 0. The first kappa shape index (κ1) is 16.2. The monoisotopic (exact) mass is 303 g/mol. The van der Waals surface area contributed by atoms with E-state index in [1.165, 1.54) is 12.8 Å². The van der Waals surface area contributed by atoms with Gasteiger partial charge in [0, 0.05) is 31.2 Å². The van der Waals surface area contributed by atoms with Crippen LogP contribution in [-0.2, 0) is 10.2 Å². The third-order valence-electron chi connectivity index (χ3n) is 4.40. The van der Waals surface area contributed by atoms with Crippen LogP contribution in [0, 0.1) is 0 Å². The van der Waals surface area contributed by atoms with E-state index in [4.69, 9.17) is 0 Å². The average molecular weight is 303 g/mol. The van der Waals surface area contributed by atoms with Gasteiger partial charge in [0.15, 0.2) is 0 Å². The number of rotatable bonds is 8. The summed E-state index contributed by atoms with van der Waals surface area (Å²) in [5, 5.41) is 3.48. The van der Waals surface area contributed by atoms with Crippen LogP contribution in [0.5, 0.6) is 0 Å². The maximum atomic E-state index is 12.6. The highest BCUT2D eigenvalue weighted by molar-refractivity contribution is 7.87. The minimum absolute atomic E-state index is 0.0546. The summed E-state index contributed by atoms with van der Waals surface area (Å²) < 4.78 is 29.7. The molecule has 0 aromatic rings. The second-order valence-electron chi connectivity index (χ2n) is 6.08. The van der Waals surface area contributed by atoms with Crippen molar-refractivity contribution in [1.82, 2.24) is 14.3 Å². The summed E-state index contributed by atoms with van der Waals surface area (Å²) in [6, 6.07) is 0.809. The Morgan fingerprint density at radius 3 is 2.45 bits per heavy atom. The van der Waals surface area contributed by atoms with Crippen molar-refractivity contribution in [3.8, 4) is 0 Å². The second kappa shape index (κ2) is 7.20. The Labute approximate surface area is 123 Å². The predicted molar refractivity (Wildman–Crippen MR) is 81.8 cm³/mol. The van der Waals surface area contributed by atoms with E-state index in [-0.39, 0.29) is 12.1 Å². The lowest BCUT2D eigenvalue weighted by Gasteiger charge is -2.35. The first-order valence-electron chi connectivity index (χ1n) is 8.09. The zero-order valence-corrected chi connectivity index (χ0v) is 13.6. The molecule has 0 aromatic carbocycles. The number of nitrogens with zero attached hydrogens (tertiary/aromatic N) is 1. The van der Waals surface area contributed by atoms with E-state index in [0.717, 1.165) is 38.6 Å². The van der Waals surface area contributed by atoms with Gasteiger partial charge < -0.3 is 5.32 Å². The largest absolute Gasteiger partial charge is 0.312 e. The minimum atomic E-state index is -3.34. The molecule has 1 unspecified atom stereocenters. The van der Waals surface area contributed by atoms with Gasteiger partial charge in [0.05, 0.1) is 0 Å². The van der Waals surface area contributed by atoms with E-state index >= 15 is 0 Å². The lowest BCUT2D eigenvalue weighted by molar-refractivity contribution is 0.240. The van der Waals surface area contributed by atoms with Gasteiger partial charge in [0.1, 0.15) is 0 Å². The van der Waals surface area contributed by atoms with E-state index < -0.39 is 10.2 Å². The normalized spacial score (nSPS) is 25.2. The van der Waals surface area contributed by atoms with Crippen LogP contribution < -0.4 is 10.0 Å². The highest BCUT2D eigenvalue weighted by Crippen LogP contribution is 2.23. The van der Waals surface area contributed by atoms with Crippen LogP contribution in [0.3, 0.4) is 0 Å². The van der Waals surface area contributed by atoms with Crippen LogP contribution in [0.4, 0.5) is 0 Å². The van der Waals surface area contributed by atoms with Crippen molar-refractivity contribution in [2.45, 2.75) is 76.9 Å². The molecule has 6 heteroatoms. The zero-order valence-electron chi connectivity index (χ0n) is 12.8. The lowest BCUT2D eigenvalue weighted by Crippen LogP contribution is -2.54. The number of piperidine rings is 1. The van der Waals surface area contributed by atoms with Crippen LogP contribution in [0.2, 0.25) is 0 Å². The predicted octanol–water partition coefficient (Wildman–Crippen LogP) is 1.62. The molecule has 2 aliphatic rings. The molecule has 1 saturated heterocycles. The standard InChI is InChI=1S/C14H29N3O2S/c1-3-12(4-2)16-20(18,19)17-10-6-5-7-14(17)11-15-13-8-9-13/h12-16H,3-11H2,1-2H3. The Hall–Kier alpha value is -0.170. The van der Waals surface area contributed by atoms with E-state index in [1.54, 1.807) is 4.31 Å². The molecule has 1 heterocycles. The molecule has 1 atom stereocenters. The molecule has 20 heavy (non-hydrogen) atoms. The first-order valence-corrected chi connectivity index (χ1v) is 9.53. The van der Waals surface area contributed by atoms with Crippen molar-refractivity contribution in [3.05, 3.63) is 0 Å². The van der Waals surface area contributed by atoms with Gasteiger partial charge in [-0.1, -0.05) is 20.3 Å². The minimum Gasteiger partial charge on any atom is -0.312 e. The van der Waals surface area contributed by atoms with Gasteiger partial charge in [0.2, 0.25) is 0 Å². The molecule has 1 saturated carbocycles. The number of hydrogen-bond acceptors (Lipinski definition) is 3. The summed E-state index contributed by atoms with van der Waals surface area (Å²) >= 11 is 0. The third-order valence-corrected chi connectivity index (χ3v) is 6.13. The van der Waals surface area contributed by atoms with Crippen molar-refractivity contribution in [3.63, 3.8) is 0 Å². The van der Waals surface area contributed by atoms with Crippen LogP contribution in [0.15, 0.2) is 0 Å². The highest BCUT2D eigenvalue weighted by Gasteiger charge is 2.34. The fourth-order valence-corrected chi connectivity index (χ4v) is 4.65. The summed E-state index contributed by atoms with van der Waals surface area (Å²) in [6.07, 6.45) is 7.25. The first-order chi connectivity index (χ1) is 9.56. The Kier molecular flexibility index (Phi) is 5.84. The van der Waals surface area contributed by atoms with Gasteiger partial charge in [-0.15, -0.1) is 0 Å². The molecule has 0 radical (unpaired) electrons. The van der Waals surface area contributed by atoms with E-state index in [1.807, 2.05) is 13.8 Å². The van der Waals surface area contributed by atoms with Gasteiger partial charge in [-0.05, 0) is 38.5 Å². The Morgan fingerprint density at radius 1 is 1.15 bits per heavy atom. The Bertz CT molecular complexity index is 391. The van der Waals surface area contributed by atoms with Gasteiger partial charge >= 0.3 is 0 Å². The van der Waals surface area contributed by atoms with E-state index in [9.17, 15) is 8.42 Å². The SMILES string of the molecule is CCC(CC)NS(=O)(=O)N1CCCCC1CNC1CC1. The Balaban J connectivity index is 1.97. The van der Waals surface area contributed by atoms with Crippen LogP contribution in [0.25, 0.3) is 0 Å². The topological polar surface area (TPSA) is 61.4 Å². The molecular formula is C14H29N3O2S. The molecular weight excluding hydrogens is 274 g/mol. The van der Waals surface area contributed by atoms with E-state index in [0.29, 0.717) is 12.6 Å². The molecule has 1 aliphatic heterocycles. The fraction of sp³-hybridized carbons (Fsp3) is 1.00. The van der Waals surface area contributed by atoms with Gasteiger partial charge in [-0.3, -0.25) is 0 Å². The second-order valence-corrected chi connectivity index (χ2v) is 7.73. The molecule has 5 nitrogen and oxygen atoms in total. The smallest absolute Gasteiger partial charge is 0.279 e. The molecule has 118 valence electrons. The molecule has 2 N–H and O–H groups in total. The van der Waals surface area contributed by atoms with Crippen molar-refractivity contribution < 1.29 is 8.42 Å². The maximum absolute atomic E-state index is 12.6. The maximum Gasteiger partial charge on any atom is 0.279 e. The summed E-state index contributed by atoms with van der Waals surface area (Å²) in [6.45, 7) is 5.51. The molecule has 1 aliphatic carbocycles. The van der Waals surface area contributed by atoms with Gasteiger partial charge in [-0.25, -0.2) is 0 Å². The molecule has 0 bridgehead atoms. The number of hydrogen-bond donors (Lipinski definition) is 2. The van der Waals surface area contributed by atoms with Crippen molar-refractivity contribution in [1.29, 1.82) is 0 Å². The summed E-state index contributed by atoms with van der Waals surface area (Å²) in [4.78, 5) is 0. The lowest BCUT2D eigenvalue weighted by atomic mass is 10.1. The molecule has 0 aromatic heterocycles. The van der Waals surface area contributed by atoms with Crippen molar-refractivity contribution in [2.24, 2.45) is 0 Å².